The first kappa shape index (κ1) is 12.6. The number of hydrogen-bond donors (Lipinski definition) is 0. The summed E-state index contributed by atoms with van der Waals surface area (Å²) >= 11 is 0. The Morgan fingerprint density at radius 1 is 1.00 bits per heavy atom. The van der Waals surface area contributed by atoms with Gasteiger partial charge in [-0.15, -0.1) is 0 Å². The number of rotatable bonds is 3. The number of carbonyl (C=O) groups excluding carboxylic acids is 1. The number of hydrogen-bond acceptors (Lipinski definition) is 1. The molecule has 2 aromatic carbocycles. The van der Waals surface area contributed by atoms with Crippen LogP contribution in [0.3, 0.4) is 0 Å². The molecule has 0 fully saturated rings. The van der Waals surface area contributed by atoms with E-state index in [0.717, 1.165) is 16.7 Å². The zero-order valence-electron chi connectivity index (χ0n) is 11.2. The van der Waals surface area contributed by atoms with Crippen molar-refractivity contribution in [1.82, 2.24) is 0 Å². The third-order valence-electron chi connectivity index (χ3n) is 3.08. The first-order valence-corrected chi connectivity index (χ1v) is 6.32. The van der Waals surface area contributed by atoms with Crippen LogP contribution >= 0.6 is 0 Å². The van der Waals surface area contributed by atoms with Gasteiger partial charge in [0.1, 0.15) is 0 Å². The van der Waals surface area contributed by atoms with Crippen LogP contribution in [0.1, 0.15) is 34.8 Å². The number of carbonyl (C=O) groups is 1. The molecule has 1 heteroatoms. The van der Waals surface area contributed by atoms with Gasteiger partial charge in [0.2, 0.25) is 0 Å². The van der Waals surface area contributed by atoms with E-state index in [1.54, 1.807) is 0 Å². The lowest BCUT2D eigenvalue weighted by Crippen LogP contribution is -1.99. The van der Waals surface area contributed by atoms with Crippen molar-refractivity contribution in [1.29, 1.82) is 0 Å². The van der Waals surface area contributed by atoms with Crippen LogP contribution < -0.4 is 0 Å². The summed E-state index contributed by atoms with van der Waals surface area (Å²) in [5.74, 6) is 0.199. The Bertz CT molecular complexity index is 562. The maximum atomic E-state index is 12.0. The van der Waals surface area contributed by atoms with Crippen molar-refractivity contribution in [3.05, 3.63) is 59.2 Å². The highest BCUT2D eigenvalue weighted by molar-refractivity contribution is 6.02. The smallest absolute Gasteiger partial charge is 0.163 e. The molecule has 0 aliphatic heterocycles. The molecule has 2 rings (SSSR count). The van der Waals surface area contributed by atoms with Gasteiger partial charge < -0.3 is 0 Å². The average Bonchev–Trinajstić information content (AvgIpc) is 2.36. The van der Waals surface area contributed by atoms with Gasteiger partial charge in [0.05, 0.1) is 0 Å². The van der Waals surface area contributed by atoms with E-state index in [1.807, 2.05) is 31.2 Å². The van der Waals surface area contributed by atoms with Crippen LogP contribution in [0, 0.1) is 13.8 Å². The summed E-state index contributed by atoms with van der Waals surface area (Å²) < 4.78 is 0. The number of benzene rings is 2. The summed E-state index contributed by atoms with van der Waals surface area (Å²) in [5, 5.41) is 0. The van der Waals surface area contributed by atoms with E-state index in [2.05, 4.69) is 32.0 Å². The number of Topliss-reactive ketones (excluding diaryl/α,β-unsaturated/α-hetero) is 1. The Morgan fingerprint density at radius 2 is 1.61 bits per heavy atom. The molecular formula is C17H18O. The second kappa shape index (κ2) is 5.18. The lowest BCUT2D eigenvalue weighted by atomic mass is 9.94. The molecule has 0 aliphatic rings. The minimum Gasteiger partial charge on any atom is -0.294 e. The van der Waals surface area contributed by atoms with Crippen molar-refractivity contribution in [2.24, 2.45) is 0 Å². The summed E-state index contributed by atoms with van der Waals surface area (Å²) in [7, 11) is 0. The van der Waals surface area contributed by atoms with E-state index in [0.29, 0.717) is 6.42 Å². The molecule has 0 saturated heterocycles. The largest absolute Gasteiger partial charge is 0.294 e. The Hall–Kier alpha value is -1.89. The quantitative estimate of drug-likeness (QED) is 0.716. The van der Waals surface area contributed by atoms with E-state index in [1.165, 1.54) is 11.1 Å². The minimum absolute atomic E-state index is 0.199. The molecule has 18 heavy (non-hydrogen) atoms. The summed E-state index contributed by atoms with van der Waals surface area (Å²) in [6.45, 7) is 6.07. The molecule has 0 aliphatic carbocycles. The van der Waals surface area contributed by atoms with Crippen molar-refractivity contribution >= 4 is 5.78 Å². The molecule has 0 N–H and O–H groups in total. The topological polar surface area (TPSA) is 17.1 Å². The van der Waals surface area contributed by atoms with E-state index in [4.69, 9.17) is 0 Å². The van der Waals surface area contributed by atoms with Crippen molar-refractivity contribution in [3.8, 4) is 11.1 Å². The summed E-state index contributed by atoms with van der Waals surface area (Å²) in [5.41, 5.74) is 5.44. The van der Waals surface area contributed by atoms with Crippen molar-refractivity contribution in [2.45, 2.75) is 27.2 Å². The Kier molecular flexibility index (Phi) is 3.61. The molecule has 0 radical (unpaired) electrons. The van der Waals surface area contributed by atoms with Gasteiger partial charge in [-0.25, -0.2) is 0 Å². The van der Waals surface area contributed by atoms with E-state index >= 15 is 0 Å². The molecule has 0 aromatic heterocycles. The molecule has 2 aromatic rings. The minimum atomic E-state index is 0.199. The fourth-order valence-electron chi connectivity index (χ4n) is 2.30. The maximum Gasteiger partial charge on any atom is 0.163 e. The summed E-state index contributed by atoms with van der Waals surface area (Å²) in [6, 6.07) is 14.3. The molecule has 92 valence electrons. The zero-order chi connectivity index (χ0) is 13.1. The Labute approximate surface area is 108 Å². The highest BCUT2D eigenvalue weighted by Crippen LogP contribution is 2.26. The fraction of sp³-hybridized carbons (Fsp3) is 0.235. The van der Waals surface area contributed by atoms with Gasteiger partial charge in [-0.2, -0.15) is 0 Å². The van der Waals surface area contributed by atoms with Crippen LogP contribution in [-0.4, -0.2) is 5.78 Å². The van der Waals surface area contributed by atoms with Crippen LogP contribution in [0.5, 0.6) is 0 Å². The SMILES string of the molecule is CCC(=O)c1ccccc1-c1cc(C)cc(C)c1. The molecular weight excluding hydrogens is 220 g/mol. The van der Waals surface area contributed by atoms with Crippen LogP contribution in [0.25, 0.3) is 11.1 Å². The van der Waals surface area contributed by atoms with Gasteiger partial charge in [-0.3, -0.25) is 4.79 Å². The predicted molar refractivity (Wildman–Crippen MR) is 76.0 cm³/mol. The van der Waals surface area contributed by atoms with Gasteiger partial charge in [-0.05, 0) is 25.0 Å². The van der Waals surface area contributed by atoms with Crippen LogP contribution in [-0.2, 0) is 0 Å². The Balaban J connectivity index is 2.60. The van der Waals surface area contributed by atoms with Gasteiger partial charge in [0.15, 0.2) is 5.78 Å². The highest BCUT2D eigenvalue weighted by Gasteiger charge is 2.10. The van der Waals surface area contributed by atoms with Gasteiger partial charge in [0, 0.05) is 12.0 Å². The van der Waals surface area contributed by atoms with Crippen molar-refractivity contribution in [3.63, 3.8) is 0 Å². The normalized spacial score (nSPS) is 10.4. The lowest BCUT2D eigenvalue weighted by molar-refractivity contribution is 0.0989. The first-order chi connectivity index (χ1) is 8.61. The van der Waals surface area contributed by atoms with Gasteiger partial charge in [-0.1, -0.05) is 60.5 Å². The molecule has 0 atom stereocenters. The van der Waals surface area contributed by atoms with E-state index < -0.39 is 0 Å². The number of aryl methyl sites for hydroxylation is 2. The third kappa shape index (κ3) is 2.51. The molecule has 0 heterocycles. The maximum absolute atomic E-state index is 12.0. The molecule has 0 bridgehead atoms. The second-order valence-electron chi connectivity index (χ2n) is 4.70. The number of ketones is 1. The lowest BCUT2D eigenvalue weighted by Gasteiger charge is -2.10. The van der Waals surface area contributed by atoms with Crippen LogP contribution in [0.4, 0.5) is 0 Å². The van der Waals surface area contributed by atoms with Gasteiger partial charge in [0.25, 0.3) is 0 Å². The van der Waals surface area contributed by atoms with E-state index in [9.17, 15) is 4.79 Å². The highest BCUT2D eigenvalue weighted by atomic mass is 16.1. The zero-order valence-corrected chi connectivity index (χ0v) is 11.2. The molecule has 1 nitrogen and oxygen atoms in total. The van der Waals surface area contributed by atoms with Gasteiger partial charge >= 0.3 is 0 Å². The first-order valence-electron chi connectivity index (χ1n) is 6.32. The summed E-state index contributed by atoms with van der Waals surface area (Å²) in [6.07, 6.45) is 0.543. The predicted octanol–water partition coefficient (Wildman–Crippen LogP) is 4.56. The summed E-state index contributed by atoms with van der Waals surface area (Å²) in [4.78, 5) is 12.0. The third-order valence-corrected chi connectivity index (χ3v) is 3.08. The Morgan fingerprint density at radius 3 is 2.22 bits per heavy atom. The van der Waals surface area contributed by atoms with Crippen LogP contribution in [0.15, 0.2) is 42.5 Å². The molecule has 0 unspecified atom stereocenters. The molecule has 0 amide bonds. The van der Waals surface area contributed by atoms with Crippen molar-refractivity contribution < 1.29 is 4.79 Å². The average molecular weight is 238 g/mol. The monoisotopic (exact) mass is 238 g/mol. The molecule has 0 spiro atoms. The van der Waals surface area contributed by atoms with E-state index in [-0.39, 0.29) is 5.78 Å². The standard InChI is InChI=1S/C17H18O/c1-4-17(18)16-8-6-5-7-15(16)14-10-12(2)9-13(3)11-14/h5-11H,4H2,1-3H3. The van der Waals surface area contributed by atoms with Crippen LogP contribution in [0.2, 0.25) is 0 Å². The fourth-order valence-corrected chi connectivity index (χ4v) is 2.30. The molecule has 0 saturated carbocycles. The second-order valence-corrected chi connectivity index (χ2v) is 4.70. The van der Waals surface area contributed by atoms with Crippen molar-refractivity contribution in [2.75, 3.05) is 0 Å².